The fourth-order valence-electron chi connectivity index (χ4n) is 1.76. The molecule has 2 rings (SSSR count). The maximum Gasteiger partial charge on any atom is 0.255 e. The molecule has 0 aromatic heterocycles. The summed E-state index contributed by atoms with van der Waals surface area (Å²) in [5.74, 6) is -0.0524. The Bertz CT molecular complexity index is 424. The molecule has 0 saturated carbocycles. The lowest BCUT2D eigenvalue weighted by molar-refractivity contribution is 0.0764. The zero-order chi connectivity index (χ0) is 11.7. The highest BCUT2D eigenvalue weighted by Crippen LogP contribution is 2.21. The molecule has 1 N–H and O–H groups in total. The quantitative estimate of drug-likeness (QED) is 0.788. The molecule has 1 atom stereocenters. The molecule has 1 aliphatic rings. The third-order valence-corrected chi connectivity index (χ3v) is 3.79. The van der Waals surface area contributed by atoms with Gasteiger partial charge in [0.15, 0.2) is 0 Å². The molecule has 1 saturated heterocycles. The first-order chi connectivity index (χ1) is 7.58. The van der Waals surface area contributed by atoms with Crippen LogP contribution in [0.3, 0.4) is 0 Å². The zero-order valence-corrected chi connectivity index (χ0v) is 11.4. The molecule has 0 unspecified atom stereocenters. The summed E-state index contributed by atoms with van der Waals surface area (Å²) in [5.41, 5.74) is 0.613. The summed E-state index contributed by atoms with van der Waals surface area (Å²) in [4.78, 5) is 13.8. The molecule has 1 amide bonds. The molecular formula is C11H11ClINO2. The Kier molecular flexibility index (Phi) is 3.71. The van der Waals surface area contributed by atoms with Gasteiger partial charge in [-0.05, 0) is 47.2 Å². The number of aliphatic hydroxyl groups is 1. The standard InChI is InChI=1S/C11H11ClINO2/c12-7-1-2-10(13)9(5-7)11(16)14-4-3-8(15)6-14/h1-2,5,8,15H,3-4,6H2/t8-/m0/s1. The zero-order valence-electron chi connectivity index (χ0n) is 8.49. The number of aliphatic hydroxyl groups excluding tert-OH is 1. The second-order valence-corrected chi connectivity index (χ2v) is 5.42. The number of amides is 1. The molecule has 1 aliphatic heterocycles. The number of rotatable bonds is 1. The summed E-state index contributed by atoms with van der Waals surface area (Å²) in [6.45, 7) is 1.03. The van der Waals surface area contributed by atoms with Crippen LogP contribution in [0.2, 0.25) is 5.02 Å². The fraction of sp³-hybridized carbons (Fsp3) is 0.364. The van der Waals surface area contributed by atoms with Crippen molar-refractivity contribution in [2.45, 2.75) is 12.5 Å². The van der Waals surface area contributed by atoms with Gasteiger partial charge in [0.2, 0.25) is 0 Å². The van der Waals surface area contributed by atoms with Gasteiger partial charge < -0.3 is 10.0 Å². The molecule has 0 radical (unpaired) electrons. The maximum absolute atomic E-state index is 12.1. The lowest BCUT2D eigenvalue weighted by Gasteiger charge is -2.16. The Hall–Kier alpha value is -0.330. The Morgan fingerprint density at radius 2 is 2.31 bits per heavy atom. The predicted molar refractivity (Wildman–Crippen MR) is 70.7 cm³/mol. The molecule has 1 aromatic carbocycles. The summed E-state index contributed by atoms with van der Waals surface area (Å²) in [7, 11) is 0. The van der Waals surface area contributed by atoms with Gasteiger partial charge in [-0.3, -0.25) is 4.79 Å². The molecular weight excluding hydrogens is 340 g/mol. The summed E-state index contributed by atoms with van der Waals surface area (Å²) in [6.07, 6.45) is 0.267. The number of carbonyl (C=O) groups excluding carboxylic acids is 1. The topological polar surface area (TPSA) is 40.5 Å². The van der Waals surface area contributed by atoms with Crippen molar-refractivity contribution in [2.24, 2.45) is 0 Å². The van der Waals surface area contributed by atoms with Crippen LogP contribution in [0.1, 0.15) is 16.8 Å². The maximum atomic E-state index is 12.1. The van der Waals surface area contributed by atoms with E-state index in [0.717, 1.165) is 3.57 Å². The van der Waals surface area contributed by atoms with Crippen LogP contribution in [0.25, 0.3) is 0 Å². The van der Waals surface area contributed by atoms with E-state index in [2.05, 4.69) is 22.6 Å². The van der Waals surface area contributed by atoms with Crippen LogP contribution in [-0.2, 0) is 0 Å². The number of likely N-dealkylation sites (tertiary alicyclic amines) is 1. The van der Waals surface area contributed by atoms with Gasteiger partial charge in [-0.2, -0.15) is 0 Å². The largest absolute Gasteiger partial charge is 0.391 e. The molecule has 1 heterocycles. The van der Waals surface area contributed by atoms with E-state index in [1.807, 2.05) is 6.07 Å². The van der Waals surface area contributed by atoms with Gasteiger partial charge in [-0.1, -0.05) is 11.6 Å². The number of halogens is 2. The van der Waals surface area contributed by atoms with Crippen LogP contribution in [0, 0.1) is 3.57 Å². The second kappa shape index (κ2) is 4.89. The van der Waals surface area contributed by atoms with Crippen LogP contribution in [-0.4, -0.2) is 35.1 Å². The number of carbonyl (C=O) groups is 1. The van der Waals surface area contributed by atoms with E-state index in [-0.39, 0.29) is 12.0 Å². The SMILES string of the molecule is O=C(c1cc(Cl)ccc1I)N1CC[C@H](O)C1. The molecule has 16 heavy (non-hydrogen) atoms. The Morgan fingerprint density at radius 1 is 1.56 bits per heavy atom. The fourth-order valence-corrected chi connectivity index (χ4v) is 2.50. The predicted octanol–water partition coefficient (Wildman–Crippen LogP) is 2.15. The number of nitrogens with zero attached hydrogens (tertiary/aromatic N) is 1. The minimum Gasteiger partial charge on any atom is -0.391 e. The van der Waals surface area contributed by atoms with Crippen molar-refractivity contribution in [3.63, 3.8) is 0 Å². The lowest BCUT2D eigenvalue weighted by atomic mass is 10.2. The van der Waals surface area contributed by atoms with E-state index in [9.17, 15) is 9.90 Å². The van der Waals surface area contributed by atoms with Crippen molar-refractivity contribution in [3.05, 3.63) is 32.4 Å². The van der Waals surface area contributed by atoms with Gasteiger partial charge in [0.25, 0.3) is 5.91 Å². The molecule has 86 valence electrons. The van der Waals surface area contributed by atoms with Gasteiger partial charge in [-0.15, -0.1) is 0 Å². The van der Waals surface area contributed by atoms with Gasteiger partial charge in [0, 0.05) is 21.7 Å². The van der Waals surface area contributed by atoms with Crippen molar-refractivity contribution in [1.29, 1.82) is 0 Å². The number of β-amino-alcohol motifs (C(OH)–C–C–N with tert-alkyl or cyclic N) is 1. The van der Waals surface area contributed by atoms with Crippen molar-refractivity contribution >= 4 is 40.1 Å². The van der Waals surface area contributed by atoms with E-state index < -0.39 is 0 Å². The highest BCUT2D eigenvalue weighted by molar-refractivity contribution is 14.1. The molecule has 0 bridgehead atoms. The van der Waals surface area contributed by atoms with Crippen LogP contribution in [0.4, 0.5) is 0 Å². The average Bonchev–Trinajstić information content (AvgIpc) is 2.67. The molecule has 5 heteroatoms. The minimum absolute atomic E-state index is 0.0524. The molecule has 1 fully saturated rings. The molecule has 1 aromatic rings. The summed E-state index contributed by atoms with van der Waals surface area (Å²) in [6, 6.07) is 5.26. The van der Waals surface area contributed by atoms with E-state index in [1.165, 1.54) is 0 Å². The van der Waals surface area contributed by atoms with E-state index in [0.29, 0.717) is 30.1 Å². The van der Waals surface area contributed by atoms with E-state index in [1.54, 1.807) is 17.0 Å². The Morgan fingerprint density at radius 3 is 2.94 bits per heavy atom. The van der Waals surface area contributed by atoms with Crippen LogP contribution in [0.5, 0.6) is 0 Å². The van der Waals surface area contributed by atoms with Gasteiger partial charge in [0.05, 0.1) is 11.7 Å². The van der Waals surface area contributed by atoms with Crippen LogP contribution < -0.4 is 0 Å². The molecule has 0 aliphatic carbocycles. The Balaban J connectivity index is 2.23. The normalized spacial score (nSPS) is 20.2. The number of benzene rings is 1. The van der Waals surface area contributed by atoms with Crippen LogP contribution in [0.15, 0.2) is 18.2 Å². The van der Waals surface area contributed by atoms with Gasteiger partial charge in [-0.25, -0.2) is 0 Å². The summed E-state index contributed by atoms with van der Waals surface area (Å²) in [5, 5.41) is 9.96. The average molecular weight is 352 g/mol. The monoisotopic (exact) mass is 351 g/mol. The van der Waals surface area contributed by atoms with E-state index >= 15 is 0 Å². The third kappa shape index (κ3) is 2.49. The van der Waals surface area contributed by atoms with Crippen molar-refractivity contribution in [3.8, 4) is 0 Å². The summed E-state index contributed by atoms with van der Waals surface area (Å²) < 4.78 is 0.883. The van der Waals surface area contributed by atoms with Crippen LogP contribution >= 0.6 is 34.2 Å². The van der Waals surface area contributed by atoms with Crippen molar-refractivity contribution < 1.29 is 9.90 Å². The smallest absolute Gasteiger partial charge is 0.255 e. The first-order valence-electron chi connectivity index (χ1n) is 5.00. The Labute approximate surface area is 113 Å². The minimum atomic E-state index is -0.388. The third-order valence-electron chi connectivity index (χ3n) is 2.61. The van der Waals surface area contributed by atoms with Crippen molar-refractivity contribution in [2.75, 3.05) is 13.1 Å². The van der Waals surface area contributed by atoms with E-state index in [4.69, 9.17) is 11.6 Å². The van der Waals surface area contributed by atoms with Crippen molar-refractivity contribution in [1.82, 2.24) is 4.90 Å². The highest BCUT2D eigenvalue weighted by Gasteiger charge is 2.26. The number of hydrogen-bond donors (Lipinski definition) is 1. The number of hydrogen-bond acceptors (Lipinski definition) is 2. The summed E-state index contributed by atoms with van der Waals surface area (Å²) >= 11 is 7.99. The lowest BCUT2D eigenvalue weighted by Crippen LogP contribution is -2.30. The second-order valence-electron chi connectivity index (χ2n) is 3.82. The van der Waals surface area contributed by atoms with Gasteiger partial charge >= 0.3 is 0 Å². The molecule has 0 spiro atoms. The first-order valence-corrected chi connectivity index (χ1v) is 6.46. The highest BCUT2D eigenvalue weighted by atomic mass is 127. The molecule has 3 nitrogen and oxygen atoms in total. The van der Waals surface area contributed by atoms with Gasteiger partial charge in [0.1, 0.15) is 0 Å². The first kappa shape index (κ1) is 12.1.